The van der Waals surface area contributed by atoms with E-state index in [0.717, 1.165) is 0 Å². The highest BCUT2D eigenvalue weighted by Crippen LogP contribution is 2.25. The van der Waals surface area contributed by atoms with Crippen LogP contribution in [0, 0.1) is 6.92 Å². The van der Waals surface area contributed by atoms with Crippen LogP contribution in [-0.4, -0.2) is 34.5 Å². The highest BCUT2D eigenvalue weighted by atomic mass is 32.2. The summed E-state index contributed by atoms with van der Waals surface area (Å²) in [5, 5.41) is 2.71. The summed E-state index contributed by atoms with van der Waals surface area (Å²) in [5.74, 6) is -0.556. The number of anilines is 1. The van der Waals surface area contributed by atoms with E-state index < -0.39 is 16.1 Å². The SMILES string of the molecule is COC(=O)c1ccc(C)c(S(=O)(=O)Oc2ccc(NC(=O)c3ccccc3OC)cc2)c1. The third-order valence-corrected chi connectivity index (χ3v) is 5.94. The maximum atomic E-state index is 12.7. The maximum Gasteiger partial charge on any atom is 0.339 e. The molecular weight excluding hydrogens is 434 g/mol. The molecule has 1 amide bonds. The van der Waals surface area contributed by atoms with Gasteiger partial charge >= 0.3 is 16.1 Å². The zero-order valence-corrected chi connectivity index (χ0v) is 18.4. The van der Waals surface area contributed by atoms with E-state index >= 15 is 0 Å². The van der Waals surface area contributed by atoms with Gasteiger partial charge in [-0.3, -0.25) is 4.79 Å². The quantitative estimate of drug-likeness (QED) is 0.426. The Hall–Kier alpha value is -3.85. The topological polar surface area (TPSA) is 108 Å². The summed E-state index contributed by atoms with van der Waals surface area (Å²) in [4.78, 5) is 24.1. The van der Waals surface area contributed by atoms with Gasteiger partial charge in [0, 0.05) is 5.69 Å². The molecule has 0 unspecified atom stereocenters. The van der Waals surface area contributed by atoms with Crippen molar-refractivity contribution in [1.29, 1.82) is 0 Å². The van der Waals surface area contributed by atoms with Crippen molar-refractivity contribution < 1.29 is 31.7 Å². The molecule has 0 aliphatic carbocycles. The Kier molecular flexibility index (Phi) is 6.79. The number of esters is 1. The zero-order chi connectivity index (χ0) is 23.3. The summed E-state index contributed by atoms with van der Waals surface area (Å²) in [6.45, 7) is 1.59. The first kappa shape index (κ1) is 22.8. The predicted octanol–water partition coefficient (Wildman–Crippen LogP) is 3.81. The van der Waals surface area contributed by atoms with E-state index in [1.807, 2.05) is 0 Å². The van der Waals surface area contributed by atoms with Crippen LogP contribution in [0.15, 0.2) is 71.6 Å². The van der Waals surface area contributed by atoms with E-state index in [1.165, 1.54) is 56.7 Å². The first-order chi connectivity index (χ1) is 15.2. The fourth-order valence-corrected chi connectivity index (χ4v) is 4.10. The van der Waals surface area contributed by atoms with Gasteiger partial charge in [-0.2, -0.15) is 8.42 Å². The van der Waals surface area contributed by atoms with E-state index in [4.69, 9.17) is 8.92 Å². The van der Waals surface area contributed by atoms with Gasteiger partial charge in [-0.15, -0.1) is 0 Å². The number of benzene rings is 3. The largest absolute Gasteiger partial charge is 0.496 e. The number of methoxy groups -OCH3 is 2. The van der Waals surface area contributed by atoms with Gasteiger partial charge in [-0.1, -0.05) is 18.2 Å². The molecule has 3 rings (SSSR count). The van der Waals surface area contributed by atoms with Crippen LogP contribution in [0.5, 0.6) is 11.5 Å². The molecule has 0 aromatic heterocycles. The normalized spacial score (nSPS) is 10.8. The molecule has 32 heavy (non-hydrogen) atoms. The number of aryl methyl sites for hydroxylation is 1. The highest BCUT2D eigenvalue weighted by Gasteiger charge is 2.22. The fourth-order valence-electron chi connectivity index (χ4n) is 2.91. The van der Waals surface area contributed by atoms with E-state index in [1.54, 1.807) is 31.2 Å². The van der Waals surface area contributed by atoms with Crippen LogP contribution in [0.3, 0.4) is 0 Å². The van der Waals surface area contributed by atoms with E-state index in [0.29, 0.717) is 22.6 Å². The van der Waals surface area contributed by atoms with Crippen molar-refractivity contribution in [1.82, 2.24) is 0 Å². The van der Waals surface area contributed by atoms with Crippen LogP contribution in [0.4, 0.5) is 5.69 Å². The lowest BCUT2D eigenvalue weighted by Crippen LogP contribution is -2.14. The van der Waals surface area contributed by atoms with Crippen molar-refractivity contribution in [2.24, 2.45) is 0 Å². The molecule has 0 radical (unpaired) electrons. The summed E-state index contributed by atoms with van der Waals surface area (Å²) >= 11 is 0. The average Bonchev–Trinajstić information content (AvgIpc) is 2.79. The monoisotopic (exact) mass is 455 g/mol. The van der Waals surface area contributed by atoms with Crippen molar-refractivity contribution in [3.05, 3.63) is 83.4 Å². The summed E-state index contributed by atoms with van der Waals surface area (Å²) in [5.41, 5.74) is 1.31. The standard InChI is InChI=1S/C23H21NO7S/c1-15-8-9-16(23(26)30-3)14-21(15)32(27,28)31-18-12-10-17(11-13-18)24-22(25)19-6-4-5-7-20(19)29-2/h4-14H,1-3H3,(H,24,25). The summed E-state index contributed by atoms with van der Waals surface area (Å²) in [6, 6.07) is 16.8. The number of ether oxygens (including phenoxy) is 2. The van der Waals surface area contributed by atoms with Crippen molar-refractivity contribution in [3.8, 4) is 11.5 Å². The van der Waals surface area contributed by atoms with Crippen molar-refractivity contribution in [2.45, 2.75) is 11.8 Å². The third kappa shape index (κ3) is 5.06. The highest BCUT2D eigenvalue weighted by molar-refractivity contribution is 7.87. The molecule has 0 spiro atoms. The number of carbonyl (C=O) groups excluding carboxylic acids is 2. The molecular formula is C23H21NO7S. The van der Waals surface area contributed by atoms with Gasteiger partial charge in [0.15, 0.2) is 0 Å². The molecule has 0 fully saturated rings. The van der Waals surface area contributed by atoms with Crippen molar-refractivity contribution in [3.63, 3.8) is 0 Å². The number of amides is 1. The summed E-state index contributed by atoms with van der Waals surface area (Å²) in [7, 11) is -1.52. The maximum absolute atomic E-state index is 12.7. The Morgan fingerprint density at radius 1 is 0.906 bits per heavy atom. The first-order valence-corrected chi connectivity index (χ1v) is 10.8. The van der Waals surface area contributed by atoms with Gasteiger partial charge in [-0.25, -0.2) is 4.79 Å². The Morgan fingerprint density at radius 3 is 2.25 bits per heavy atom. The molecule has 0 saturated carbocycles. The molecule has 3 aromatic carbocycles. The number of hydrogen-bond acceptors (Lipinski definition) is 7. The van der Waals surface area contributed by atoms with Gasteiger partial charge in [0.1, 0.15) is 16.4 Å². The van der Waals surface area contributed by atoms with Gasteiger partial charge in [0.2, 0.25) is 0 Å². The zero-order valence-electron chi connectivity index (χ0n) is 17.6. The van der Waals surface area contributed by atoms with Gasteiger partial charge in [0.05, 0.1) is 25.3 Å². The molecule has 8 nitrogen and oxygen atoms in total. The van der Waals surface area contributed by atoms with Crippen molar-refractivity contribution in [2.75, 3.05) is 19.5 Å². The summed E-state index contributed by atoms with van der Waals surface area (Å²) in [6.07, 6.45) is 0. The lowest BCUT2D eigenvalue weighted by molar-refractivity contribution is 0.0600. The third-order valence-electron chi connectivity index (χ3n) is 4.55. The van der Waals surface area contributed by atoms with Crippen LogP contribution in [0.1, 0.15) is 26.3 Å². The second kappa shape index (κ2) is 9.52. The molecule has 0 heterocycles. The second-order valence-electron chi connectivity index (χ2n) is 6.69. The lowest BCUT2D eigenvalue weighted by atomic mass is 10.1. The van der Waals surface area contributed by atoms with Gasteiger partial charge < -0.3 is 19.0 Å². The van der Waals surface area contributed by atoms with Crippen LogP contribution in [0.2, 0.25) is 0 Å². The van der Waals surface area contributed by atoms with Crippen LogP contribution in [0.25, 0.3) is 0 Å². The molecule has 0 aliphatic rings. The van der Waals surface area contributed by atoms with Crippen molar-refractivity contribution >= 4 is 27.7 Å². The van der Waals surface area contributed by atoms with E-state index in [2.05, 4.69) is 10.1 Å². The molecule has 9 heteroatoms. The predicted molar refractivity (Wildman–Crippen MR) is 118 cm³/mol. The Morgan fingerprint density at radius 2 is 1.59 bits per heavy atom. The molecule has 1 N–H and O–H groups in total. The average molecular weight is 455 g/mol. The lowest BCUT2D eigenvalue weighted by Gasteiger charge is -2.12. The Bertz CT molecular complexity index is 1250. The van der Waals surface area contributed by atoms with Crippen LogP contribution >= 0.6 is 0 Å². The minimum Gasteiger partial charge on any atom is -0.496 e. The molecule has 0 aliphatic heterocycles. The van der Waals surface area contributed by atoms with Crippen LogP contribution < -0.4 is 14.2 Å². The molecule has 0 bridgehead atoms. The van der Waals surface area contributed by atoms with Crippen LogP contribution in [-0.2, 0) is 14.9 Å². The van der Waals surface area contributed by atoms with E-state index in [-0.39, 0.29) is 22.1 Å². The molecule has 0 saturated heterocycles. The molecule has 3 aromatic rings. The number of rotatable bonds is 7. The number of hydrogen-bond donors (Lipinski definition) is 1. The van der Waals surface area contributed by atoms with Gasteiger partial charge in [-0.05, 0) is 61.0 Å². The Balaban J connectivity index is 1.77. The first-order valence-electron chi connectivity index (χ1n) is 9.43. The number of nitrogens with one attached hydrogen (secondary N) is 1. The molecule has 0 atom stereocenters. The van der Waals surface area contributed by atoms with E-state index in [9.17, 15) is 18.0 Å². The number of carbonyl (C=O) groups is 2. The minimum absolute atomic E-state index is 0.0446. The van der Waals surface area contributed by atoms with Gasteiger partial charge in [0.25, 0.3) is 5.91 Å². The Labute approximate surface area is 185 Å². The molecule has 166 valence electrons. The number of para-hydroxylation sites is 1. The minimum atomic E-state index is -4.21. The smallest absolute Gasteiger partial charge is 0.339 e. The second-order valence-corrected chi connectivity index (χ2v) is 8.20. The fraction of sp³-hybridized carbons (Fsp3) is 0.130. The summed E-state index contributed by atoms with van der Waals surface area (Å²) < 4.78 is 40.5.